The Bertz CT molecular complexity index is 409. The van der Waals surface area contributed by atoms with Gasteiger partial charge >= 0.3 is 5.97 Å². The zero-order chi connectivity index (χ0) is 13.7. The van der Waals surface area contributed by atoms with E-state index in [4.69, 9.17) is 9.47 Å². The van der Waals surface area contributed by atoms with Crippen LogP contribution < -0.4 is 0 Å². The second-order valence-corrected chi connectivity index (χ2v) is 4.98. The van der Waals surface area contributed by atoms with E-state index in [1.807, 2.05) is 12.5 Å². The van der Waals surface area contributed by atoms with Crippen LogP contribution in [0.4, 0.5) is 0 Å². The Morgan fingerprint density at radius 3 is 2.79 bits per heavy atom. The van der Waals surface area contributed by atoms with E-state index in [9.17, 15) is 4.79 Å². The van der Waals surface area contributed by atoms with Crippen LogP contribution in [0, 0.1) is 5.92 Å². The molecule has 1 saturated carbocycles. The number of methoxy groups -OCH3 is 1. The topological polar surface area (TPSA) is 53.4 Å². The average Bonchev–Trinajstić information content (AvgIpc) is 2.92. The Morgan fingerprint density at radius 1 is 1.42 bits per heavy atom. The minimum absolute atomic E-state index is 0.0611. The summed E-state index contributed by atoms with van der Waals surface area (Å²) < 4.78 is 12.8. The van der Waals surface area contributed by atoms with Gasteiger partial charge in [-0.3, -0.25) is 4.79 Å². The van der Waals surface area contributed by atoms with Crippen LogP contribution in [0.25, 0.3) is 0 Å². The molecule has 1 aliphatic rings. The van der Waals surface area contributed by atoms with Gasteiger partial charge in [-0.1, -0.05) is 0 Å². The van der Waals surface area contributed by atoms with Crippen LogP contribution in [0.5, 0.6) is 0 Å². The van der Waals surface area contributed by atoms with E-state index >= 15 is 0 Å². The van der Waals surface area contributed by atoms with Crippen LogP contribution in [-0.2, 0) is 27.4 Å². The Hall–Kier alpha value is -1.36. The summed E-state index contributed by atoms with van der Waals surface area (Å²) in [7, 11) is 1.46. The van der Waals surface area contributed by atoms with Crippen molar-refractivity contribution in [2.24, 2.45) is 5.92 Å². The molecule has 0 atom stereocenters. The SMILES string of the molecule is CCn1cncc1COC1CCC(C(=O)OC)CC1. The third-order valence-corrected chi connectivity index (χ3v) is 3.81. The largest absolute Gasteiger partial charge is 0.469 e. The Morgan fingerprint density at radius 2 is 2.16 bits per heavy atom. The van der Waals surface area contributed by atoms with E-state index < -0.39 is 0 Å². The number of esters is 1. The lowest BCUT2D eigenvalue weighted by atomic mass is 9.87. The molecule has 1 aromatic heterocycles. The standard InChI is InChI=1S/C14H22N2O3/c1-3-16-10-15-8-12(16)9-19-13-6-4-11(5-7-13)14(17)18-2/h8,10-11,13H,3-7,9H2,1-2H3. The number of carbonyl (C=O) groups is 1. The summed E-state index contributed by atoms with van der Waals surface area (Å²) in [6, 6.07) is 0. The minimum Gasteiger partial charge on any atom is -0.469 e. The molecule has 0 aliphatic heterocycles. The number of ether oxygens (including phenoxy) is 2. The third kappa shape index (κ3) is 3.56. The molecule has 0 radical (unpaired) electrons. The van der Waals surface area contributed by atoms with Gasteiger partial charge in [0.05, 0.1) is 44.0 Å². The van der Waals surface area contributed by atoms with Crippen molar-refractivity contribution in [3.63, 3.8) is 0 Å². The van der Waals surface area contributed by atoms with Gasteiger partial charge in [0.2, 0.25) is 0 Å². The summed E-state index contributed by atoms with van der Waals surface area (Å²) in [5, 5.41) is 0. The minimum atomic E-state index is -0.0810. The summed E-state index contributed by atoms with van der Waals surface area (Å²) in [6.07, 6.45) is 7.52. The van der Waals surface area contributed by atoms with Crippen LogP contribution >= 0.6 is 0 Å². The number of nitrogens with zero attached hydrogens (tertiary/aromatic N) is 2. The van der Waals surface area contributed by atoms with Gasteiger partial charge in [-0.05, 0) is 32.6 Å². The first-order chi connectivity index (χ1) is 9.24. The molecule has 1 aromatic rings. The normalized spacial score (nSPS) is 23.3. The number of hydrogen-bond donors (Lipinski definition) is 0. The average molecular weight is 266 g/mol. The molecule has 0 spiro atoms. The molecular formula is C14H22N2O3. The van der Waals surface area contributed by atoms with Crippen LogP contribution in [0.15, 0.2) is 12.5 Å². The quantitative estimate of drug-likeness (QED) is 0.766. The van der Waals surface area contributed by atoms with Gasteiger partial charge in [0.25, 0.3) is 0 Å². The zero-order valence-electron chi connectivity index (χ0n) is 11.7. The predicted octanol–water partition coefficient (Wildman–Crippen LogP) is 2.15. The van der Waals surface area contributed by atoms with E-state index in [1.165, 1.54) is 7.11 Å². The first kappa shape index (κ1) is 14.1. The van der Waals surface area contributed by atoms with Crippen molar-refractivity contribution in [2.75, 3.05) is 7.11 Å². The maximum Gasteiger partial charge on any atom is 0.308 e. The van der Waals surface area contributed by atoms with Crippen molar-refractivity contribution in [3.05, 3.63) is 18.2 Å². The molecular weight excluding hydrogens is 244 g/mol. The monoisotopic (exact) mass is 266 g/mol. The molecule has 5 heteroatoms. The van der Waals surface area contributed by atoms with E-state index in [0.29, 0.717) is 6.61 Å². The lowest BCUT2D eigenvalue weighted by Crippen LogP contribution is -2.27. The van der Waals surface area contributed by atoms with Crippen molar-refractivity contribution in [3.8, 4) is 0 Å². The highest BCUT2D eigenvalue weighted by molar-refractivity contribution is 5.72. The maximum absolute atomic E-state index is 11.4. The molecule has 1 heterocycles. The van der Waals surface area contributed by atoms with Crippen molar-refractivity contribution >= 4 is 5.97 Å². The molecule has 0 aromatic carbocycles. The second-order valence-electron chi connectivity index (χ2n) is 4.98. The molecule has 0 unspecified atom stereocenters. The van der Waals surface area contributed by atoms with Crippen LogP contribution in [0.2, 0.25) is 0 Å². The summed E-state index contributed by atoms with van der Waals surface area (Å²) >= 11 is 0. The van der Waals surface area contributed by atoms with Crippen LogP contribution in [0.1, 0.15) is 38.3 Å². The van der Waals surface area contributed by atoms with Gasteiger partial charge in [0.1, 0.15) is 0 Å². The summed E-state index contributed by atoms with van der Waals surface area (Å²) in [4.78, 5) is 15.6. The van der Waals surface area contributed by atoms with E-state index in [2.05, 4.69) is 16.5 Å². The first-order valence-corrected chi connectivity index (χ1v) is 6.93. The fraction of sp³-hybridized carbons (Fsp3) is 0.714. The van der Waals surface area contributed by atoms with E-state index in [0.717, 1.165) is 37.9 Å². The highest BCUT2D eigenvalue weighted by Crippen LogP contribution is 2.27. The van der Waals surface area contributed by atoms with Gasteiger partial charge in [-0.2, -0.15) is 0 Å². The molecule has 1 aliphatic carbocycles. The van der Waals surface area contributed by atoms with Gasteiger partial charge in [0, 0.05) is 6.54 Å². The number of imidazole rings is 1. The summed E-state index contributed by atoms with van der Waals surface area (Å²) in [5.41, 5.74) is 1.11. The Balaban J connectivity index is 1.75. The molecule has 19 heavy (non-hydrogen) atoms. The predicted molar refractivity (Wildman–Crippen MR) is 70.5 cm³/mol. The fourth-order valence-electron chi connectivity index (χ4n) is 2.59. The third-order valence-electron chi connectivity index (χ3n) is 3.81. The van der Waals surface area contributed by atoms with Crippen LogP contribution in [0.3, 0.4) is 0 Å². The highest BCUT2D eigenvalue weighted by Gasteiger charge is 2.27. The molecule has 0 bridgehead atoms. The van der Waals surface area contributed by atoms with Crippen molar-refractivity contribution in [2.45, 2.75) is 51.9 Å². The summed E-state index contributed by atoms with van der Waals surface area (Å²) in [6.45, 7) is 3.60. The molecule has 0 saturated heterocycles. The van der Waals surface area contributed by atoms with Gasteiger partial charge < -0.3 is 14.0 Å². The van der Waals surface area contributed by atoms with E-state index in [1.54, 1.807) is 0 Å². The molecule has 2 rings (SSSR count). The van der Waals surface area contributed by atoms with Gasteiger partial charge in [-0.15, -0.1) is 0 Å². The number of hydrogen-bond acceptors (Lipinski definition) is 4. The molecule has 106 valence electrons. The van der Waals surface area contributed by atoms with Gasteiger partial charge in [-0.25, -0.2) is 4.98 Å². The summed E-state index contributed by atoms with van der Waals surface area (Å²) in [5.74, 6) is -0.0199. The van der Waals surface area contributed by atoms with E-state index in [-0.39, 0.29) is 18.0 Å². The van der Waals surface area contributed by atoms with Gasteiger partial charge in [0.15, 0.2) is 0 Å². The smallest absolute Gasteiger partial charge is 0.308 e. The van der Waals surface area contributed by atoms with Crippen molar-refractivity contribution < 1.29 is 14.3 Å². The van der Waals surface area contributed by atoms with Crippen molar-refractivity contribution in [1.29, 1.82) is 0 Å². The highest BCUT2D eigenvalue weighted by atomic mass is 16.5. The molecule has 0 amide bonds. The lowest BCUT2D eigenvalue weighted by Gasteiger charge is -2.27. The number of rotatable bonds is 5. The molecule has 0 N–H and O–H groups in total. The first-order valence-electron chi connectivity index (χ1n) is 6.93. The Labute approximate surface area is 113 Å². The second kappa shape index (κ2) is 6.70. The number of carbonyl (C=O) groups excluding carboxylic acids is 1. The fourth-order valence-corrected chi connectivity index (χ4v) is 2.59. The molecule has 1 fully saturated rings. The zero-order valence-corrected chi connectivity index (χ0v) is 11.7. The number of aryl methyl sites for hydroxylation is 1. The number of aromatic nitrogens is 2. The van der Waals surface area contributed by atoms with Crippen LogP contribution in [-0.4, -0.2) is 28.7 Å². The van der Waals surface area contributed by atoms with Crippen molar-refractivity contribution in [1.82, 2.24) is 9.55 Å². The maximum atomic E-state index is 11.4. The molecule has 5 nitrogen and oxygen atoms in total. The Kier molecular flexibility index (Phi) is 4.96. The lowest BCUT2D eigenvalue weighted by molar-refractivity contribution is -0.147.